The number of alkyl halides is 2. The second kappa shape index (κ2) is 10.2. The molecule has 1 amide bonds. The van der Waals surface area contributed by atoms with Gasteiger partial charge in [0, 0.05) is 63.1 Å². The van der Waals surface area contributed by atoms with Crippen molar-refractivity contribution >= 4 is 17.3 Å². The van der Waals surface area contributed by atoms with E-state index in [0.29, 0.717) is 45.0 Å². The van der Waals surface area contributed by atoms with Crippen LogP contribution in [0.1, 0.15) is 18.9 Å². The first-order chi connectivity index (χ1) is 16.2. The number of rotatable bonds is 7. The number of benzene rings is 2. The molecule has 2 atom stereocenters. The summed E-state index contributed by atoms with van der Waals surface area (Å²) in [6, 6.07) is 12.9. The summed E-state index contributed by atoms with van der Waals surface area (Å²) in [5, 5.41) is 23.0. The molecule has 2 fully saturated rings. The number of aromatic hydroxyl groups is 1. The fraction of sp³-hybridized carbons (Fsp3) is 0.480. The summed E-state index contributed by atoms with van der Waals surface area (Å²) in [5.74, 6) is -2.93. The Balaban J connectivity index is 1.23. The molecule has 2 aliphatic rings. The second-order valence-electron chi connectivity index (χ2n) is 9.22. The molecule has 0 aromatic heterocycles. The number of phenols is 1. The van der Waals surface area contributed by atoms with E-state index < -0.39 is 12.2 Å². The van der Waals surface area contributed by atoms with Crippen LogP contribution < -0.4 is 10.2 Å². The molecule has 2 unspecified atom stereocenters. The van der Waals surface area contributed by atoms with Crippen molar-refractivity contribution in [1.82, 2.24) is 9.80 Å². The summed E-state index contributed by atoms with van der Waals surface area (Å²) in [4.78, 5) is 18.7. The number of anilines is 2. The molecule has 9 heteroatoms. The Bertz CT molecular complexity index is 975. The van der Waals surface area contributed by atoms with Crippen LogP contribution in [-0.2, 0) is 10.7 Å². The third kappa shape index (κ3) is 6.02. The molecule has 0 aliphatic carbocycles. The van der Waals surface area contributed by atoms with Gasteiger partial charge in [0.2, 0.25) is 5.91 Å². The van der Waals surface area contributed by atoms with Crippen LogP contribution in [-0.4, -0.2) is 78.0 Å². The van der Waals surface area contributed by atoms with Crippen molar-refractivity contribution in [3.8, 4) is 5.75 Å². The van der Waals surface area contributed by atoms with E-state index in [9.17, 15) is 23.8 Å². The Morgan fingerprint density at radius 3 is 2.50 bits per heavy atom. The maximum absolute atomic E-state index is 13.7. The van der Waals surface area contributed by atoms with Crippen molar-refractivity contribution in [2.24, 2.45) is 5.92 Å². The van der Waals surface area contributed by atoms with E-state index >= 15 is 0 Å². The van der Waals surface area contributed by atoms with E-state index in [2.05, 4.69) is 15.1 Å². The molecule has 2 heterocycles. The van der Waals surface area contributed by atoms with Crippen molar-refractivity contribution in [2.45, 2.75) is 25.5 Å². The molecule has 0 spiro atoms. The van der Waals surface area contributed by atoms with Gasteiger partial charge in [-0.2, -0.15) is 0 Å². The second-order valence-corrected chi connectivity index (χ2v) is 9.22. The Labute approximate surface area is 198 Å². The van der Waals surface area contributed by atoms with E-state index in [-0.39, 0.29) is 23.1 Å². The number of carbonyl (C=O) groups is 1. The maximum atomic E-state index is 13.7. The maximum Gasteiger partial charge on any atom is 0.270 e. The van der Waals surface area contributed by atoms with E-state index in [4.69, 9.17) is 0 Å². The summed E-state index contributed by atoms with van der Waals surface area (Å²) in [7, 11) is 0. The standard InChI is InChI=1S/C25H32F2N4O3/c1-25(26,27)19-3-2-4-21(15-19)30-11-13-31(14-12-30)23(33)17-29-10-9-18(16-29)24(34)28-20-5-7-22(32)8-6-20/h2-8,15,18,23,32-33H,9-14,16-17H2,1H3,(H,28,34). The number of nitrogens with one attached hydrogen (secondary N) is 1. The summed E-state index contributed by atoms with van der Waals surface area (Å²) in [6.45, 7) is 5.24. The first kappa shape index (κ1) is 24.4. The van der Waals surface area contributed by atoms with Gasteiger partial charge in [-0.15, -0.1) is 0 Å². The van der Waals surface area contributed by atoms with Gasteiger partial charge in [0.15, 0.2) is 0 Å². The van der Waals surface area contributed by atoms with Gasteiger partial charge in [-0.25, -0.2) is 8.78 Å². The molecular weight excluding hydrogens is 442 g/mol. The number of piperazine rings is 1. The van der Waals surface area contributed by atoms with Crippen molar-refractivity contribution in [2.75, 3.05) is 56.0 Å². The van der Waals surface area contributed by atoms with Gasteiger partial charge < -0.3 is 20.4 Å². The molecule has 2 aromatic carbocycles. The summed E-state index contributed by atoms with van der Waals surface area (Å²) in [5.41, 5.74) is 1.42. The Morgan fingerprint density at radius 1 is 1.12 bits per heavy atom. The lowest BCUT2D eigenvalue weighted by molar-refractivity contribution is -0.119. The lowest BCUT2D eigenvalue weighted by Crippen LogP contribution is -2.53. The Hall–Kier alpha value is -2.75. The number of aliphatic hydroxyl groups is 1. The van der Waals surface area contributed by atoms with Crippen LogP contribution in [0, 0.1) is 5.92 Å². The van der Waals surface area contributed by atoms with Gasteiger partial charge >= 0.3 is 0 Å². The molecule has 34 heavy (non-hydrogen) atoms. The highest BCUT2D eigenvalue weighted by molar-refractivity contribution is 5.92. The SMILES string of the molecule is CC(F)(F)c1cccc(N2CCN(C(O)CN3CCC(C(=O)Nc4ccc(O)cc4)C3)CC2)c1. The van der Waals surface area contributed by atoms with Crippen LogP contribution >= 0.6 is 0 Å². The molecule has 2 saturated heterocycles. The number of aliphatic hydroxyl groups excluding tert-OH is 1. The van der Waals surface area contributed by atoms with Crippen LogP contribution in [0.4, 0.5) is 20.2 Å². The third-order valence-electron chi connectivity index (χ3n) is 6.65. The molecule has 3 N–H and O–H groups in total. The van der Waals surface area contributed by atoms with Crippen molar-refractivity contribution < 1.29 is 23.8 Å². The van der Waals surface area contributed by atoms with Gasteiger partial charge in [0.25, 0.3) is 5.92 Å². The minimum atomic E-state index is -2.87. The Kier molecular flexibility index (Phi) is 7.35. The van der Waals surface area contributed by atoms with Crippen LogP contribution in [0.3, 0.4) is 0 Å². The van der Waals surface area contributed by atoms with Gasteiger partial charge in [-0.3, -0.25) is 14.6 Å². The number of phenolic OH excluding ortho intramolecular Hbond substituents is 1. The topological polar surface area (TPSA) is 79.3 Å². The number of carbonyl (C=O) groups excluding carboxylic acids is 1. The summed E-state index contributed by atoms with van der Waals surface area (Å²) >= 11 is 0. The average Bonchev–Trinajstić information content (AvgIpc) is 3.29. The van der Waals surface area contributed by atoms with Crippen molar-refractivity contribution in [1.29, 1.82) is 0 Å². The monoisotopic (exact) mass is 474 g/mol. The highest BCUT2D eigenvalue weighted by atomic mass is 19.3. The van der Waals surface area contributed by atoms with Crippen molar-refractivity contribution in [3.05, 3.63) is 54.1 Å². The predicted octanol–water partition coefficient (Wildman–Crippen LogP) is 2.90. The summed E-state index contributed by atoms with van der Waals surface area (Å²) in [6.07, 6.45) is 0.0791. The van der Waals surface area contributed by atoms with Crippen LogP contribution in [0.15, 0.2) is 48.5 Å². The molecule has 184 valence electrons. The van der Waals surface area contributed by atoms with Crippen molar-refractivity contribution in [3.63, 3.8) is 0 Å². The molecule has 2 aromatic rings. The number of nitrogens with zero attached hydrogens (tertiary/aromatic N) is 3. The molecule has 7 nitrogen and oxygen atoms in total. The van der Waals surface area contributed by atoms with Gasteiger partial charge in [0.05, 0.1) is 5.92 Å². The minimum absolute atomic E-state index is 0.00509. The molecule has 0 bridgehead atoms. The fourth-order valence-electron chi connectivity index (χ4n) is 4.60. The molecule has 4 rings (SSSR count). The zero-order chi connectivity index (χ0) is 24.3. The summed E-state index contributed by atoms with van der Waals surface area (Å²) < 4.78 is 27.3. The molecule has 2 aliphatic heterocycles. The highest BCUT2D eigenvalue weighted by Gasteiger charge is 2.32. The quantitative estimate of drug-likeness (QED) is 0.536. The lowest BCUT2D eigenvalue weighted by atomic mass is 10.1. The number of likely N-dealkylation sites (tertiary alicyclic amines) is 1. The number of hydrogen-bond acceptors (Lipinski definition) is 6. The van der Waals surface area contributed by atoms with E-state index in [1.165, 1.54) is 18.2 Å². The zero-order valence-corrected chi connectivity index (χ0v) is 19.3. The van der Waals surface area contributed by atoms with E-state index in [0.717, 1.165) is 25.6 Å². The molecule has 0 radical (unpaired) electrons. The zero-order valence-electron chi connectivity index (χ0n) is 19.3. The van der Waals surface area contributed by atoms with E-state index in [1.807, 2.05) is 11.0 Å². The molecular formula is C25H32F2N4O3. The van der Waals surface area contributed by atoms with Crippen LogP contribution in [0.25, 0.3) is 0 Å². The smallest absolute Gasteiger partial charge is 0.270 e. The van der Waals surface area contributed by atoms with Crippen LogP contribution in [0.2, 0.25) is 0 Å². The number of amides is 1. The average molecular weight is 475 g/mol. The predicted molar refractivity (Wildman–Crippen MR) is 127 cm³/mol. The normalized spacial score (nSPS) is 20.9. The van der Waals surface area contributed by atoms with Gasteiger partial charge in [-0.1, -0.05) is 12.1 Å². The van der Waals surface area contributed by atoms with Gasteiger partial charge in [0.1, 0.15) is 12.0 Å². The first-order valence-corrected chi connectivity index (χ1v) is 11.7. The minimum Gasteiger partial charge on any atom is -0.508 e. The first-order valence-electron chi connectivity index (χ1n) is 11.7. The number of hydrogen-bond donors (Lipinski definition) is 3. The molecule has 0 saturated carbocycles. The number of β-amino-alcohol motifs (C(OH)–C–C–N with tert-alkyl or cyclic N) is 1. The van der Waals surface area contributed by atoms with E-state index in [1.54, 1.807) is 24.3 Å². The largest absolute Gasteiger partial charge is 0.508 e. The van der Waals surface area contributed by atoms with Crippen LogP contribution in [0.5, 0.6) is 5.75 Å². The Morgan fingerprint density at radius 2 is 1.82 bits per heavy atom. The van der Waals surface area contributed by atoms with Gasteiger partial charge in [-0.05, 0) is 49.4 Å². The third-order valence-corrected chi connectivity index (χ3v) is 6.65. The number of halogens is 2. The lowest BCUT2D eigenvalue weighted by Gasteiger charge is -2.39. The fourth-order valence-corrected chi connectivity index (χ4v) is 4.60. The highest BCUT2D eigenvalue weighted by Crippen LogP contribution is 2.30.